The number of halogens is 3. The fourth-order valence-corrected chi connectivity index (χ4v) is 3.90. The molecule has 0 spiro atoms. The van der Waals surface area contributed by atoms with Crippen LogP contribution in [-0.2, 0) is 10.0 Å². The minimum Gasteiger partial charge on any atom is -0.296 e. The van der Waals surface area contributed by atoms with Crippen molar-refractivity contribution in [3.8, 4) is 10.6 Å². The van der Waals surface area contributed by atoms with E-state index >= 15 is 0 Å². The second kappa shape index (κ2) is 7.27. The van der Waals surface area contributed by atoms with Gasteiger partial charge in [0.15, 0.2) is 0 Å². The lowest BCUT2D eigenvalue weighted by Crippen LogP contribution is -2.17. The molecular weight excluding hydrogens is 422 g/mol. The SMILES string of the molecule is NS(=O)(=O)c1cc(C(=O)Nc2nnc(-c3ccc(F)cc3)s2)c(F)cc1Cl. The summed E-state index contributed by atoms with van der Waals surface area (Å²) in [5, 5.41) is 14.9. The molecule has 0 saturated heterocycles. The summed E-state index contributed by atoms with van der Waals surface area (Å²) in [6.07, 6.45) is 0. The number of amides is 1. The van der Waals surface area contributed by atoms with Crippen molar-refractivity contribution in [2.75, 3.05) is 5.32 Å². The highest BCUT2D eigenvalue weighted by Crippen LogP contribution is 2.28. The summed E-state index contributed by atoms with van der Waals surface area (Å²) >= 11 is 6.62. The molecular formula is C15H9ClF2N4O3S2. The number of hydrogen-bond acceptors (Lipinski definition) is 6. The van der Waals surface area contributed by atoms with Crippen LogP contribution in [0, 0.1) is 11.6 Å². The van der Waals surface area contributed by atoms with Gasteiger partial charge >= 0.3 is 0 Å². The molecule has 3 rings (SSSR count). The number of nitrogens with zero attached hydrogens (tertiary/aromatic N) is 2. The van der Waals surface area contributed by atoms with Crippen molar-refractivity contribution >= 4 is 44.0 Å². The second-order valence-electron chi connectivity index (χ2n) is 5.18. The fourth-order valence-electron chi connectivity index (χ4n) is 2.07. The number of nitrogens with one attached hydrogen (secondary N) is 1. The molecule has 7 nitrogen and oxygen atoms in total. The van der Waals surface area contributed by atoms with Gasteiger partial charge in [-0.25, -0.2) is 22.3 Å². The first kappa shape index (κ1) is 19.3. The van der Waals surface area contributed by atoms with Crippen molar-refractivity contribution in [2.24, 2.45) is 5.14 Å². The third-order valence-corrected chi connectivity index (χ3v) is 5.57. The normalized spacial score (nSPS) is 11.4. The van der Waals surface area contributed by atoms with Gasteiger partial charge < -0.3 is 0 Å². The summed E-state index contributed by atoms with van der Waals surface area (Å²) in [6, 6.07) is 6.88. The van der Waals surface area contributed by atoms with Crippen molar-refractivity contribution in [1.82, 2.24) is 10.2 Å². The molecule has 3 N–H and O–H groups in total. The van der Waals surface area contributed by atoms with Crippen molar-refractivity contribution in [2.45, 2.75) is 4.90 Å². The molecule has 1 heterocycles. The van der Waals surface area contributed by atoms with Crippen LogP contribution in [-0.4, -0.2) is 24.5 Å². The molecule has 0 aliphatic rings. The number of carbonyl (C=O) groups excluding carboxylic acids is 1. The summed E-state index contributed by atoms with van der Waals surface area (Å²) in [4.78, 5) is 11.7. The minimum absolute atomic E-state index is 0.0332. The Morgan fingerprint density at radius 2 is 1.81 bits per heavy atom. The Balaban J connectivity index is 1.87. The predicted molar refractivity (Wildman–Crippen MR) is 96.0 cm³/mol. The lowest BCUT2D eigenvalue weighted by atomic mass is 10.2. The third kappa shape index (κ3) is 4.27. The highest BCUT2D eigenvalue weighted by atomic mass is 35.5. The summed E-state index contributed by atoms with van der Waals surface area (Å²) in [5.41, 5.74) is -0.00876. The zero-order valence-corrected chi connectivity index (χ0v) is 15.5. The molecule has 0 unspecified atom stereocenters. The Morgan fingerprint density at radius 3 is 2.44 bits per heavy atom. The molecule has 27 heavy (non-hydrogen) atoms. The summed E-state index contributed by atoms with van der Waals surface area (Å²) in [7, 11) is -4.25. The Morgan fingerprint density at radius 1 is 1.15 bits per heavy atom. The van der Waals surface area contributed by atoms with Crippen LogP contribution in [0.15, 0.2) is 41.3 Å². The van der Waals surface area contributed by atoms with Gasteiger partial charge in [-0.1, -0.05) is 22.9 Å². The van der Waals surface area contributed by atoms with Crippen LogP contribution >= 0.6 is 22.9 Å². The molecule has 0 aliphatic heterocycles. The quantitative estimate of drug-likeness (QED) is 0.660. The molecule has 0 saturated carbocycles. The Labute approximate surface area is 160 Å². The first-order valence-corrected chi connectivity index (χ1v) is 9.82. The van der Waals surface area contributed by atoms with Crippen LogP contribution in [0.2, 0.25) is 5.02 Å². The molecule has 0 bridgehead atoms. The van der Waals surface area contributed by atoms with Crippen LogP contribution in [0.5, 0.6) is 0 Å². The van der Waals surface area contributed by atoms with Gasteiger partial charge in [0, 0.05) is 5.56 Å². The predicted octanol–water partition coefficient (Wildman–Crippen LogP) is 3.04. The monoisotopic (exact) mass is 430 g/mol. The Bertz CT molecular complexity index is 1130. The number of carbonyl (C=O) groups is 1. The van der Waals surface area contributed by atoms with E-state index in [1.165, 1.54) is 24.3 Å². The first-order valence-electron chi connectivity index (χ1n) is 7.08. The number of sulfonamides is 1. The van der Waals surface area contributed by atoms with Crippen LogP contribution in [0.1, 0.15) is 10.4 Å². The molecule has 1 amide bonds. The van der Waals surface area contributed by atoms with Gasteiger partial charge in [-0.15, -0.1) is 10.2 Å². The Hall–Kier alpha value is -2.47. The van der Waals surface area contributed by atoms with Crippen LogP contribution in [0.4, 0.5) is 13.9 Å². The van der Waals surface area contributed by atoms with Crippen LogP contribution in [0.25, 0.3) is 10.6 Å². The zero-order valence-electron chi connectivity index (χ0n) is 13.1. The number of primary sulfonamides is 1. The third-order valence-electron chi connectivity index (χ3n) is 3.31. The highest BCUT2D eigenvalue weighted by molar-refractivity contribution is 7.89. The number of nitrogens with two attached hydrogens (primary N) is 1. The van der Waals surface area contributed by atoms with E-state index in [1.807, 2.05) is 0 Å². The smallest absolute Gasteiger partial charge is 0.260 e. The molecule has 3 aromatic rings. The van der Waals surface area contributed by atoms with Gasteiger partial charge in [0.1, 0.15) is 21.5 Å². The van der Waals surface area contributed by atoms with E-state index in [9.17, 15) is 22.0 Å². The summed E-state index contributed by atoms with van der Waals surface area (Å²) in [5.74, 6) is -2.41. The fraction of sp³-hybridized carbons (Fsp3) is 0. The maximum atomic E-state index is 14.0. The largest absolute Gasteiger partial charge is 0.296 e. The van der Waals surface area contributed by atoms with E-state index in [0.717, 1.165) is 17.4 Å². The molecule has 0 fully saturated rings. The van der Waals surface area contributed by atoms with Crippen molar-refractivity contribution in [3.63, 3.8) is 0 Å². The van der Waals surface area contributed by atoms with Crippen molar-refractivity contribution in [1.29, 1.82) is 0 Å². The molecule has 12 heteroatoms. The molecule has 140 valence electrons. The van der Waals surface area contributed by atoms with Gasteiger partial charge in [0.25, 0.3) is 5.91 Å². The zero-order chi connectivity index (χ0) is 19.8. The lowest BCUT2D eigenvalue weighted by molar-refractivity contribution is 0.102. The van der Waals surface area contributed by atoms with E-state index in [-0.39, 0.29) is 5.13 Å². The molecule has 1 aromatic heterocycles. The number of hydrogen-bond donors (Lipinski definition) is 2. The lowest BCUT2D eigenvalue weighted by Gasteiger charge is -2.07. The minimum atomic E-state index is -4.25. The maximum Gasteiger partial charge on any atom is 0.260 e. The van der Waals surface area contributed by atoms with Gasteiger partial charge in [0.05, 0.1) is 10.6 Å². The van der Waals surface area contributed by atoms with Crippen molar-refractivity contribution in [3.05, 3.63) is 58.6 Å². The second-order valence-corrected chi connectivity index (χ2v) is 8.10. The van der Waals surface area contributed by atoms with E-state index in [2.05, 4.69) is 15.5 Å². The van der Waals surface area contributed by atoms with E-state index in [1.54, 1.807) is 0 Å². The van der Waals surface area contributed by atoms with Gasteiger partial charge in [-0.3, -0.25) is 10.1 Å². The average molecular weight is 431 g/mol. The highest BCUT2D eigenvalue weighted by Gasteiger charge is 2.21. The molecule has 2 aromatic carbocycles. The Kier molecular flexibility index (Phi) is 5.20. The molecule has 0 atom stereocenters. The van der Waals surface area contributed by atoms with Crippen LogP contribution < -0.4 is 10.5 Å². The maximum absolute atomic E-state index is 14.0. The molecule has 0 radical (unpaired) electrons. The van der Waals surface area contributed by atoms with Gasteiger partial charge in [-0.2, -0.15) is 0 Å². The number of anilines is 1. The summed E-state index contributed by atoms with van der Waals surface area (Å²) < 4.78 is 49.9. The summed E-state index contributed by atoms with van der Waals surface area (Å²) in [6.45, 7) is 0. The topological polar surface area (TPSA) is 115 Å². The van der Waals surface area contributed by atoms with E-state index < -0.39 is 43.0 Å². The van der Waals surface area contributed by atoms with Crippen LogP contribution in [0.3, 0.4) is 0 Å². The van der Waals surface area contributed by atoms with E-state index in [4.69, 9.17) is 16.7 Å². The molecule has 0 aliphatic carbocycles. The van der Waals surface area contributed by atoms with Gasteiger partial charge in [-0.05, 0) is 36.4 Å². The number of aromatic nitrogens is 2. The first-order chi connectivity index (χ1) is 12.6. The number of rotatable bonds is 4. The average Bonchev–Trinajstić information content (AvgIpc) is 3.02. The van der Waals surface area contributed by atoms with Gasteiger partial charge in [0.2, 0.25) is 15.2 Å². The standard InChI is InChI=1S/C15H9ClF2N4O3S2/c16-10-6-11(18)9(5-12(10)27(19,24)25)13(23)20-15-22-21-14(26-15)7-1-3-8(17)4-2-7/h1-6H,(H2,19,24,25)(H,20,22,23). The van der Waals surface area contributed by atoms with E-state index in [0.29, 0.717) is 16.6 Å². The van der Waals surface area contributed by atoms with Crippen molar-refractivity contribution < 1.29 is 22.0 Å². The number of benzene rings is 2.